The van der Waals surface area contributed by atoms with E-state index in [1.807, 2.05) is 0 Å². The maximum atomic E-state index is 10.7. The number of benzene rings is 1. The Labute approximate surface area is 118 Å². The van der Waals surface area contributed by atoms with Crippen LogP contribution < -0.4 is 11.1 Å². The number of aromatic nitrogens is 1. The molecule has 0 unspecified atom stereocenters. The first-order chi connectivity index (χ1) is 9.51. The number of nitro groups is 1. The van der Waals surface area contributed by atoms with Gasteiger partial charge in [-0.1, -0.05) is 11.6 Å². The van der Waals surface area contributed by atoms with Gasteiger partial charge in [-0.3, -0.25) is 10.1 Å². The summed E-state index contributed by atoms with van der Waals surface area (Å²) in [5.74, 6) is 0.264. The molecule has 1 aromatic heterocycles. The fraction of sp³-hybridized carbons (Fsp3) is 0. The van der Waals surface area contributed by atoms with E-state index in [0.29, 0.717) is 16.4 Å². The zero-order valence-electron chi connectivity index (χ0n) is 10.0. The number of hydrogen-bond acceptors (Lipinski definition) is 6. The average molecular weight is 290 g/mol. The molecule has 0 aliphatic rings. The van der Waals surface area contributed by atoms with Crippen molar-refractivity contribution >= 4 is 34.5 Å². The van der Waals surface area contributed by atoms with Gasteiger partial charge in [-0.15, -0.1) is 0 Å². The summed E-state index contributed by atoms with van der Waals surface area (Å²) in [4.78, 5) is 13.9. The summed E-state index contributed by atoms with van der Waals surface area (Å²) in [6.45, 7) is 0. The van der Waals surface area contributed by atoms with E-state index in [4.69, 9.17) is 22.6 Å². The molecule has 1 aromatic carbocycles. The SMILES string of the molecule is N#Cc1nc(Nc2cc(N)ccc2Cl)ccc1[N+](=O)[O-]. The monoisotopic (exact) mass is 289 g/mol. The highest BCUT2D eigenvalue weighted by atomic mass is 35.5. The number of anilines is 3. The van der Waals surface area contributed by atoms with Crippen LogP contribution in [0.4, 0.5) is 22.9 Å². The second-order valence-electron chi connectivity index (χ2n) is 3.80. The average Bonchev–Trinajstić information content (AvgIpc) is 2.42. The molecule has 0 fully saturated rings. The molecule has 0 radical (unpaired) electrons. The minimum absolute atomic E-state index is 0.264. The lowest BCUT2D eigenvalue weighted by atomic mass is 10.2. The van der Waals surface area contributed by atoms with Crippen LogP contribution in [0.5, 0.6) is 0 Å². The molecule has 7 nitrogen and oxygen atoms in total. The Morgan fingerprint density at radius 2 is 2.15 bits per heavy atom. The van der Waals surface area contributed by atoms with Crippen LogP contribution in [0.15, 0.2) is 30.3 Å². The Morgan fingerprint density at radius 3 is 2.80 bits per heavy atom. The molecule has 0 bridgehead atoms. The Balaban J connectivity index is 2.38. The first kappa shape index (κ1) is 13.6. The molecule has 0 spiro atoms. The van der Waals surface area contributed by atoms with E-state index in [1.54, 1.807) is 24.3 Å². The van der Waals surface area contributed by atoms with Gasteiger partial charge >= 0.3 is 5.69 Å². The molecule has 100 valence electrons. The minimum Gasteiger partial charge on any atom is -0.399 e. The second-order valence-corrected chi connectivity index (χ2v) is 4.20. The van der Waals surface area contributed by atoms with Gasteiger partial charge in [-0.25, -0.2) is 4.98 Å². The molecule has 0 saturated carbocycles. The molecule has 3 N–H and O–H groups in total. The van der Waals surface area contributed by atoms with Crippen molar-refractivity contribution in [1.29, 1.82) is 5.26 Å². The molecule has 2 aromatic rings. The molecule has 1 heterocycles. The van der Waals surface area contributed by atoms with Crippen molar-refractivity contribution in [2.75, 3.05) is 11.1 Å². The molecule has 0 aliphatic heterocycles. The van der Waals surface area contributed by atoms with Gasteiger partial charge in [-0.2, -0.15) is 5.26 Å². The van der Waals surface area contributed by atoms with Crippen LogP contribution in [0.25, 0.3) is 0 Å². The summed E-state index contributed by atoms with van der Waals surface area (Å²) in [5.41, 5.74) is 6.01. The molecular weight excluding hydrogens is 282 g/mol. The van der Waals surface area contributed by atoms with Crippen molar-refractivity contribution in [3.8, 4) is 6.07 Å². The van der Waals surface area contributed by atoms with Gasteiger partial charge in [0.25, 0.3) is 0 Å². The maximum absolute atomic E-state index is 10.7. The van der Waals surface area contributed by atoms with Crippen molar-refractivity contribution in [2.45, 2.75) is 0 Å². The highest BCUT2D eigenvalue weighted by molar-refractivity contribution is 6.33. The summed E-state index contributed by atoms with van der Waals surface area (Å²) >= 11 is 5.98. The lowest BCUT2D eigenvalue weighted by Crippen LogP contribution is -2.00. The maximum Gasteiger partial charge on any atom is 0.305 e. The highest BCUT2D eigenvalue weighted by Gasteiger charge is 2.15. The molecule has 0 atom stereocenters. The summed E-state index contributed by atoms with van der Waals surface area (Å²) in [5, 5.41) is 22.8. The van der Waals surface area contributed by atoms with E-state index in [9.17, 15) is 10.1 Å². The Kier molecular flexibility index (Phi) is 3.68. The number of hydrogen-bond donors (Lipinski definition) is 2. The Morgan fingerprint density at radius 1 is 1.40 bits per heavy atom. The van der Waals surface area contributed by atoms with E-state index in [-0.39, 0.29) is 17.2 Å². The lowest BCUT2D eigenvalue weighted by Gasteiger charge is -2.08. The van der Waals surface area contributed by atoms with Gasteiger partial charge in [-0.05, 0) is 24.3 Å². The summed E-state index contributed by atoms with van der Waals surface area (Å²) < 4.78 is 0. The third-order valence-electron chi connectivity index (χ3n) is 2.43. The number of pyridine rings is 1. The normalized spacial score (nSPS) is 9.80. The molecule has 20 heavy (non-hydrogen) atoms. The number of nitrogen functional groups attached to an aromatic ring is 1. The Bertz CT molecular complexity index is 726. The van der Waals surface area contributed by atoms with Crippen LogP contribution in [0.1, 0.15) is 5.69 Å². The van der Waals surface area contributed by atoms with Gasteiger partial charge in [0.05, 0.1) is 15.6 Å². The van der Waals surface area contributed by atoms with Gasteiger partial charge in [0, 0.05) is 11.8 Å². The standard InChI is InChI=1S/C12H8ClN5O2/c13-8-2-1-7(15)5-9(8)16-12-4-3-11(18(19)20)10(6-14)17-12/h1-5H,15H2,(H,16,17). The number of rotatable bonds is 3. The molecule has 0 saturated heterocycles. The smallest absolute Gasteiger partial charge is 0.305 e. The largest absolute Gasteiger partial charge is 0.399 e. The van der Waals surface area contributed by atoms with Crippen molar-refractivity contribution < 1.29 is 4.92 Å². The van der Waals surface area contributed by atoms with Crippen molar-refractivity contribution in [2.24, 2.45) is 0 Å². The van der Waals surface area contributed by atoms with Crippen LogP contribution in [-0.4, -0.2) is 9.91 Å². The van der Waals surface area contributed by atoms with Gasteiger partial charge in [0.2, 0.25) is 5.69 Å². The highest BCUT2D eigenvalue weighted by Crippen LogP contribution is 2.28. The molecular formula is C12H8ClN5O2. The predicted octanol–water partition coefficient (Wildman–Crippen LogP) is 2.84. The fourth-order valence-corrected chi connectivity index (χ4v) is 1.69. The van der Waals surface area contributed by atoms with Gasteiger partial charge in [0.15, 0.2) is 0 Å². The summed E-state index contributed by atoms with van der Waals surface area (Å²) in [6.07, 6.45) is 0. The molecule has 0 amide bonds. The van der Waals surface area contributed by atoms with Crippen LogP contribution in [0, 0.1) is 21.4 Å². The zero-order valence-corrected chi connectivity index (χ0v) is 10.8. The van der Waals surface area contributed by atoms with E-state index in [1.165, 1.54) is 12.1 Å². The van der Waals surface area contributed by atoms with Gasteiger partial charge in [0.1, 0.15) is 11.9 Å². The third-order valence-corrected chi connectivity index (χ3v) is 2.76. The first-order valence-electron chi connectivity index (χ1n) is 5.39. The number of nitrogens with two attached hydrogens (primary N) is 1. The quantitative estimate of drug-likeness (QED) is 0.509. The lowest BCUT2D eigenvalue weighted by molar-refractivity contribution is -0.385. The molecule has 0 aliphatic carbocycles. The van der Waals surface area contributed by atoms with Crippen LogP contribution in [-0.2, 0) is 0 Å². The van der Waals surface area contributed by atoms with Crippen LogP contribution in [0.3, 0.4) is 0 Å². The van der Waals surface area contributed by atoms with Crippen molar-refractivity contribution in [1.82, 2.24) is 4.98 Å². The van der Waals surface area contributed by atoms with E-state index in [0.717, 1.165) is 0 Å². The summed E-state index contributed by atoms with van der Waals surface area (Å²) in [7, 11) is 0. The van der Waals surface area contributed by atoms with Gasteiger partial charge < -0.3 is 11.1 Å². The fourth-order valence-electron chi connectivity index (χ4n) is 1.53. The van der Waals surface area contributed by atoms with Crippen LogP contribution >= 0.6 is 11.6 Å². The van der Waals surface area contributed by atoms with E-state index >= 15 is 0 Å². The van der Waals surface area contributed by atoms with Crippen LogP contribution in [0.2, 0.25) is 5.02 Å². The summed E-state index contributed by atoms with van der Waals surface area (Å²) in [6, 6.07) is 9.11. The second kappa shape index (κ2) is 5.42. The van der Waals surface area contributed by atoms with E-state index in [2.05, 4.69) is 10.3 Å². The molecule has 8 heteroatoms. The third kappa shape index (κ3) is 2.76. The number of nitrogens with zero attached hydrogens (tertiary/aromatic N) is 3. The topological polar surface area (TPSA) is 118 Å². The van der Waals surface area contributed by atoms with Crippen molar-refractivity contribution in [3.05, 3.63) is 51.2 Å². The number of nitriles is 1. The minimum atomic E-state index is -0.664. The van der Waals surface area contributed by atoms with Crippen molar-refractivity contribution in [3.63, 3.8) is 0 Å². The zero-order chi connectivity index (χ0) is 14.7. The number of halogens is 1. The Hall–Kier alpha value is -2.85. The predicted molar refractivity (Wildman–Crippen MR) is 74.8 cm³/mol. The van der Waals surface area contributed by atoms with E-state index < -0.39 is 4.92 Å². The number of nitrogens with one attached hydrogen (secondary N) is 1. The molecule has 2 rings (SSSR count). The first-order valence-corrected chi connectivity index (χ1v) is 5.76.